The summed E-state index contributed by atoms with van der Waals surface area (Å²) in [6.07, 6.45) is 6.17. The van der Waals surface area contributed by atoms with Crippen molar-refractivity contribution in [2.45, 2.75) is 32.7 Å². The molecule has 1 amide bonds. The van der Waals surface area contributed by atoms with Gasteiger partial charge in [0, 0.05) is 11.6 Å². The smallest absolute Gasteiger partial charge is 0.251 e. The van der Waals surface area contributed by atoms with Gasteiger partial charge >= 0.3 is 0 Å². The van der Waals surface area contributed by atoms with E-state index in [9.17, 15) is 4.79 Å². The second-order valence-electron chi connectivity index (χ2n) is 5.18. The Labute approximate surface area is 117 Å². The second-order valence-corrected chi connectivity index (χ2v) is 5.18. The number of amides is 1. The molecule has 1 aromatic heterocycles. The summed E-state index contributed by atoms with van der Waals surface area (Å²) in [7, 11) is 0. The van der Waals surface area contributed by atoms with Crippen LogP contribution in [-0.2, 0) is 0 Å². The van der Waals surface area contributed by atoms with E-state index in [1.807, 2.05) is 32.1 Å². The SMILES string of the molecule is Cc1nc2ccc(C(=O)NC3C=CCC3)cc2nc1C. The van der Waals surface area contributed by atoms with E-state index in [1.165, 1.54) is 0 Å². The molecular formula is C16H17N3O. The van der Waals surface area contributed by atoms with Gasteiger partial charge in [0.05, 0.1) is 22.4 Å². The lowest BCUT2D eigenvalue weighted by molar-refractivity contribution is 0.0944. The van der Waals surface area contributed by atoms with E-state index in [0.717, 1.165) is 35.3 Å². The number of nitrogens with zero attached hydrogens (tertiary/aromatic N) is 2. The molecule has 0 bridgehead atoms. The van der Waals surface area contributed by atoms with E-state index in [2.05, 4.69) is 21.4 Å². The average molecular weight is 267 g/mol. The molecule has 1 aromatic carbocycles. The van der Waals surface area contributed by atoms with Crippen LogP contribution in [0.5, 0.6) is 0 Å². The largest absolute Gasteiger partial charge is 0.346 e. The van der Waals surface area contributed by atoms with Crippen LogP contribution in [0.15, 0.2) is 30.4 Å². The first-order valence-corrected chi connectivity index (χ1v) is 6.86. The molecule has 0 aliphatic heterocycles. The number of rotatable bonds is 2. The fourth-order valence-corrected chi connectivity index (χ4v) is 2.38. The number of nitrogens with one attached hydrogen (secondary N) is 1. The zero-order valence-electron chi connectivity index (χ0n) is 11.7. The molecule has 1 atom stereocenters. The summed E-state index contributed by atoms with van der Waals surface area (Å²) in [5.41, 5.74) is 4.04. The van der Waals surface area contributed by atoms with Crippen LogP contribution in [0.3, 0.4) is 0 Å². The fraction of sp³-hybridized carbons (Fsp3) is 0.312. The van der Waals surface area contributed by atoms with Gasteiger partial charge in [-0.25, -0.2) is 9.97 Å². The Bertz CT molecular complexity index is 706. The van der Waals surface area contributed by atoms with E-state index >= 15 is 0 Å². The fourth-order valence-electron chi connectivity index (χ4n) is 2.38. The van der Waals surface area contributed by atoms with Crippen molar-refractivity contribution in [3.8, 4) is 0 Å². The molecule has 1 aliphatic carbocycles. The van der Waals surface area contributed by atoms with Crippen LogP contribution in [0.2, 0.25) is 0 Å². The number of carbonyl (C=O) groups is 1. The Kier molecular flexibility index (Phi) is 3.22. The van der Waals surface area contributed by atoms with Crippen LogP contribution < -0.4 is 5.32 Å². The van der Waals surface area contributed by atoms with E-state index in [1.54, 1.807) is 6.07 Å². The Hall–Kier alpha value is -2.23. The molecule has 0 saturated carbocycles. The normalized spacial score (nSPS) is 17.6. The maximum atomic E-state index is 12.2. The molecule has 1 unspecified atom stereocenters. The topological polar surface area (TPSA) is 54.9 Å². The van der Waals surface area contributed by atoms with Crippen LogP contribution in [-0.4, -0.2) is 21.9 Å². The Balaban J connectivity index is 1.89. The first-order chi connectivity index (χ1) is 9.63. The molecule has 1 N–H and O–H groups in total. The van der Waals surface area contributed by atoms with Crippen LogP contribution in [0.4, 0.5) is 0 Å². The van der Waals surface area contributed by atoms with E-state index in [-0.39, 0.29) is 11.9 Å². The van der Waals surface area contributed by atoms with Gasteiger partial charge in [-0.3, -0.25) is 4.79 Å². The molecule has 4 nitrogen and oxygen atoms in total. The summed E-state index contributed by atoms with van der Waals surface area (Å²) >= 11 is 0. The molecule has 0 spiro atoms. The van der Waals surface area contributed by atoms with Crippen molar-refractivity contribution in [1.29, 1.82) is 0 Å². The van der Waals surface area contributed by atoms with E-state index < -0.39 is 0 Å². The van der Waals surface area contributed by atoms with E-state index in [4.69, 9.17) is 0 Å². The second kappa shape index (κ2) is 5.04. The lowest BCUT2D eigenvalue weighted by atomic mass is 10.1. The molecule has 102 valence electrons. The van der Waals surface area contributed by atoms with Crippen molar-refractivity contribution >= 4 is 16.9 Å². The predicted molar refractivity (Wildman–Crippen MR) is 78.6 cm³/mol. The third-order valence-electron chi connectivity index (χ3n) is 3.67. The van der Waals surface area contributed by atoms with Crippen molar-refractivity contribution < 1.29 is 4.79 Å². The standard InChI is InChI=1S/C16H17N3O/c1-10-11(2)18-15-9-12(7-8-14(15)17-10)16(20)19-13-5-3-4-6-13/h3,5,7-9,13H,4,6H2,1-2H3,(H,19,20). The average Bonchev–Trinajstić information content (AvgIpc) is 2.92. The highest BCUT2D eigenvalue weighted by atomic mass is 16.1. The monoisotopic (exact) mass is 267 g/mol. The minimum Gasteiger partial charge on any atom is -0.346 e. The van der Waals surface area contributed by atoms with Crippen molar-refractivity contribution in [2.24, 2.45) is 0 Å². The molecule has 1 aliphatic rings. The third-order valence-corrected chi connectivity index (χ3v) is 3.67. The number of carbonyl (C=O) groups excluding carboxylic acids is 1. The summed E-state index contributed by atoms with van der Waals surface area (Å²) in [5, 5.41) is 3.01. The number of fused-ring (bicyclic) bond motifs is 1. The lowest BCUT2D eigenvalue weighted by Gasteiger charge is -2.11. The zero-order valence-corrected chi connectivity index (χ0v) is 11.7. The van der Waals surface area contributed by atoms with Gasteiger partial charge in [0.1, 0.15) is 0 Å². The number of aromatic nitrogens is 2. The molecular weight excluding hydrogens is 250 g/mol. The molecule has 0 radical (unpaired) electrons. The molecule has 0 fully saturated rings. The third kappa shape index (κ3) is 2.41. The summed E-state index contributed by atoms with van der Waals surface area (Å²) in [6, 6.07) is 5.63. The van der Waals surface area contributed by atoms with Gasteiger partial charge in [0.15, 0.2) is 0 Å². The summed E-state index contributed by atoms with van der Waals surface area (Å²) in [5.74, 6) is -0.0523. The number of allylic oxidation sites excluding steroid dienone is 1. The maximum Gasteiger partial charge on any atom is 0.251 e. The Morgan fingerprint density at radius 1 is 1.20 bits per heavy atom. The van der Waals surface area contributed by atoms with Gasteiger partial charge in [-0.15, -0.1) is 0 Å². The van der Waals surface area contributed by atoms with Gasteiger partial charge in [-0.05, 0) is 44.9 Å². The van der Waals surface area contributed by atoms with Gasteiger partial charge in [0.2, 0.25) is 0 Å². The minimum absolute atomic E-state index is 0.0523. The zero-order chi connectivity index (χ0) is 14.1. The highest BCUT2D eigenvalue weighted by Crippen LogP contribution is 2.15. The van der Waals surface area contributed by atoms with Crippen molar-refractivity contribution in [3.05, 3.63) is 47.3 Å². The van der Waals surface area contributed by atoms with Crippen LogP contribution in [0, 0.1) is 13.8 Å². The highest BCUT2D eigenvalue weighted by molar-refractivity contribution is 5.97. The van der Waals surface area contributed by atoms with Gasteiger partial charge in [-0.1, -0.05) is 12.2 Å². The lowest BCUT2D eigenvalue weighted by Crippen LogP contribution is -2.31. The Morgan fingerprint density at radius 2 is 1.95 bits per heavy atom. The first kappa shape index (κ1) is 12.8. The number of aryl methyl sites for hydroxylation is 2. The molecule has 3 rings (SSSR count). The maximum absolute atomic E-state index is 12.2. The molecule has 4 heteroatoms. The summed E-state index contributed by atoms with van der Waals surface area (Å²) in [6.45, 7) is 3.87. The first-order valence-electron chi connectivity index (χ1n) is 6.86. The highest BCUT2D eigenvalue weighted by Gasteiger charge is 2.14. The van der Waals surface area contributed by atoms with Gasteiger partial charge in [0.25, 0.3) is 5.91 Å². The quantitative estimate of drug-likeness (QED) is 0.851. The number of benzene rings is 1. The Morgan fingerprint density at radius 3 is 2.65 bits per heavy atom. The predicted octanol–water partition coefficient (Wildman–Crippen LogP) is 2.70. The van der Waals surface area contributed by atoms with Crippen molar-refractivity contribution in [3.63, 3.8) is 0 Å². The summed E-state index contributed by atoms with van der Waals surface area (Å²) in [4.78, 5) is 21.2. The van der Waals surface area contributed by atoms with Crippen molar-refractivity contribution in [2.75, 3.05) is 0 Å². The van der Waals surface area contributed by atoms with Crippen LogP contribution in [0.25, 0.3) is 11.0 Å². The van der Waals surface area contributed by atoms with Crippen LogP contribution in [0.1, 0.15) is 34.6 Å². The van der Waals surface area contributed by atoms with Crippen LogP contribution >= 0.6 is 0 Å². The number of hydrogen-bond donors (Lipinski definition) is 1. The molecule has 2 aromatic rings. The number of hydrogen-bond acceptors (Lipinski definition) is 3. The summed E-state index contributed by atoms with van der Waals surface area (Å²) < 4.78 is 0. The molecule has 20 heavy (non-hydrogen) atoms. The van der Waals surface area contributed by atoms with Gasteiger partial charge in [-0.2, -0.15) is 0 Å². The van der Waals surface area contributed by atoms with Gasteiger partial charge < -0.3 is 5.32 Å². The van der Waals surface area contributed by atoms with E-state index in [0.29, 0.717) is 5.56 Å². The molecule has 0 saturated heterocycles. The van der Waals surface area contributed by atoms with Crippen molar-refractivity contribution in [1.82, 2.24) is 15.3 Å². The minimum atomic E-state index is -0.0523. The molecule has 1 heterocycles.